The molecule has 0 aliphatic rings. The molecule has 0 unspecified atom stereocenters. The number of hydrogen-bond donors (Lipinski definition) is 3. The Labute approximate surface area is 128 Å². The van der Waals surface area contributed by atoms with Crippen LogP contribution in [0.5, 0.6) is 0 Å². The first-order valence-corrected chi connectivity index (χ1v) is 6.09. The van der Waals surface area contributed by atoms with E-state index in [0.29, 0.717) is 12.2 Å². The molecule has 0 aliphatic carbocycles. The van der Waals surface area contributed by atoms with Crippen LogP contribution in [0.2, 0.25) is 0 Å². The molecule has 0 heterocycles. The third-order valence-corrected chi connectivity index (χ3v) is 2.66. The molecule has 2 aromatic carbocycles. The van der Waals surface area contributed by atoms with Crippen LogP contribution in [0.25, 0.3) is 0 Å². The number of carboxylic acid groups (broad SMARTS) is 1. The molecule has 5 nitrogen and oxygen atoms in total. The maximum atomic E-state index is 10.9. The van der Waals surface area contributed by atoms with Gasteiger partial charge >= 0.3 is 5.97 Å². The molecule has 0 fully saturated rings. The highest BCUT2D eigenvalue weighted by molar-refractivity contribution is 5.94. The minimum Gasteiger partial charge on any atom is -0.478 e. The minimum absolute atomic E-state index is 0. The molecule has 0 amide bonds. The van der Waals surface area contributed by atoms with E-state index in [-0.39, 0.29) is 23.9 Å². The first-order chi connectivity index (χ1) is 9.65. The number of aromatic carboxylic acids is 1. The number of hydrogen-bond acceptors (Lipinski definition) is 2. The van der Waals surface area contributed by atoms with Crippen LogP contribution in [0.1, 0.15) is 15.9 Å². The molecule has 0 saturated carbocycles. The second-order valence-corrected chi connectivity index (χ2v) is 4.20. The Hall–Kier alpha value is -2.53. The van der Waals surface area contributed by atoms with Gasteiger partial charge in [-0.15, -0.1) is 12.4 Å². The Morgan fingerprint density at radius 2 is 1.86 bits per heavy atom. The normalized spacial score (nSPS) is 10.6. The topological polar surface area (TPSA) is 87.7 Å². The number of nitrogens with one attached hydrogen (secondary N) is 1. The number of aliphatic imine (C=N–C) groups is 1. The molecule has 21 heavy (non-hydrogen) atoms. The fourth-order valence-electron chi connectivity index (χ4n) is 1.68. The fraction of sp³-hybridized carbons (Fsp3) is 0.0667. The number of anilines is 1. The number of nitrogens with zero attached hydrogens (tertiary/aromatic N) is 1. The van der Waals surface area contributed by atoms with Crippen molar-refractivity contribution in [3.63, 3.8) is 0 Å². The largest absolute Gasteiger partial charge is 0.478 e. The summed E-state index contributed by atoms with van der Waals surface area (Å²) in [5.74, 6) is -0.732. The SMILES string of the molecule is Cl.N/C(=N/Cc1ccccc1)Nc1cccc(C(=O)O)c1. The van der Waals surface area contributed by atoms with E-state index in [9.17, 15) is 4.79 Å². The van der Waals surface area contributed by atoms with Crippen molar-refractivity contribution < 1.29 is 9.90 Å². The van der Waals surface area contributed by atoms with Gasteiger partial charge in [0.1, 0.15) is 0 Å². The fourth-order valence-corrected chi connectivity index (χ4v) is 1.68. The Balaban J connectivity index is 0.00000220. The zero-order chi connectivity index (χ0) is 14.4. The van der Waals surface area contributed by atoms with Crippen molar-refractivity contribution >= 4 is 30.0 Å². The highest BCUT2D eigenvalue weighted by atomic mass is 35.5. The van der Waals surface area contributed by atoms with Gasteiger partial charge in [0.2, 0.25) is 0 Å². The van der Waals surface area contributed by atoms with Crippen molar-refractivity contribution in [3.05, 3.63) is 65.7 Å². The molecule has 6 heteroatoms. The number of halogens is 1. The average Bonchev–Trinajstić information content (AvgIpc) is 2.46. The number of guanidine groups is 1. The Morgan fingerprint density at radius 1 is 1.14 bits per heavy atom. The molecule has 0 radical (unpaired) electrons. The molecule has 0 spiro atoms. The van der Waals surface area contributed by atoms with E-state index in [1.165, 1.54) is 12.1 Å². The van der Waals surface area contributed by atoms with E-state index in [0.717, 1.165) is 5.56 Å². The highest BCUT2D eigenvalue weighted by Crippen LogP contribution is 2.10. The third-order valence-electron chi connectivity index (χ3n) is 2.66. The predicted molar refractivity (Wildman–Crippen MR) is 86.0 cm³/mol. The molecular formula is C15H16ClN3O2. The summed E-state index contributed by atoms with van der Waals surface area (Å²) in [5, 5.41) is 11.8. The number of carbonyl (C=O) groups is 1. The van der Waals surface area contributed by atoms with Crippen molar-refractivity contribution in [1.82, 2.24) is 0 Å². The summed E-state index contributed by atoms with van der Waals surface area (Å²) < 4.78 is 0. The quantitative estimate of drug-likeness (QED) is 0.598. The van der Waals surface area contributed by atoms with Crippen LogP contribution >= 0.6 is 12.4 Å². The summed E-state index contributed by atoms with van der Waals surface area (Å²) in [4.78, 5) is 15.1. The van der Waals surface area contributed by atoms with Gasteiger partial charge in [-0.1, -0.05) is 36.4 Å². The number of nitrogens with two attached hydrogens (primary N) is 1. The standard InChI is InChI=1S/C15H15N3O2.ClH/c16-15(17-10-11-5-2-1-3-6-11)18-13-8-4-7-12(9-13)14(19)20;/h1-9H,10H2,(H,19,20)(H3,16,17,18);1H. The second kappa shape index (κ2) is 7.91. The Bertz CT molecular complexity index is 630. The number of rotatable bonds is 4. The summed E-state index contributed by atoms with van der Waals surface area (Å²) in [7, 11) is 0. The first-order valence-electron chi connectivity index (χ1n) is 6.09. The molecule has 0 atom stereocenters. The van der Waals surface area contributed by atoms with Crippen LogP contribution < -0.4 is 11.1 Å². The van der Waals surface area contributed by atoms with E-state index >= 15 is 0 Å². The van der Waals surface area contributed by atoms with Gasteiger partial charge in [0.25, 0.3) is 0 Å². The zero-order valence-electron chi connectivity index (χ0n) is 11.2. The van der Waals surface area contributed by atoms with Gasteiger partial charge in [-0.3, -0.25) is 0 Å². The molecule has 4 N–H and O–H groups in total. The van der Waals surface area contributed by atoms with Crippen molar-refractivity contribution in [2.75, 3.05) is 5.32 Å². The second-order valence-electron chi connectivity index (χ2n) is 4.20. The minimum atomic E-state index is -0.978. The molecule has 0 bridgehead atoms. The lowest BCUT2D eigenvalue weighted by molar-refractivity contribution is 0.0697. The lowest BCUT2D eigenvalue weighted by atomic mass is 10.2. The lowest BCUT2D eigenvalue weighted by Gasteiger charge is -2.06. The smallest absolute Gasteiger partial charge is 0.335 e. The lowest BCUT2D eigenvalue weighted by Crippen LogP contribution is -2.22. The molecular weight excluding hydrogens is 290 g/mol. The van der Waals surface area contributed by atoms with Crippen molar-refractivity contribution in [1.29, 1.82) is 0 Å². The van der Waals surface area contributed by atoms with Gasteiger partial charge < -0.3 is 16.2 Å². The Kier molecular flexibility index (Phi) is 6.23. The third kappa shape index (κ3) is 5.16. The van der Waals surface area contributed by atoms with Crippen LogP contribution in [0, 0.1) is 0 Å². The van der Waals surface area contributed by atoms with Gasteiger partial charge in [0.05, 0.1) is 12.1 Å². The van der Waals surface area contributed by atoms with Crippen LogP contribution in [-0.4, -0.2) is 17.0 Å². The van der Waals surface area contributed by atoms with Gasteiger partial charge in [0, 0.05) is 5.69 Å². The van der Waals surface area contributed by atoms with Gasteiger partial charge in [-0.05, 0) is 23.8 Å². The van der Waals surface area contributed by atoms with Crippen molar-refractivity contribution in [3.8, 4) is 0 Å². The van der Waals surface area contributed by atoms with Crippen molar-refractivity contribution in [2.24, 2.45) is 10.7 Å². The maximum absolute atomic E-state index is 10.9. The van der Waals surface area contributed by atoms with Crippen LogP contribution in [0.15, 0.2) is 59.6 Å². The van der Waals surface area contributed by atoms with E-state index in [1.54, 1.807) is 12.1 Å². The molecule has 0 aromatic heterocycles. The van der Waals surface area contributed by atoms with Gasteiger partial charge in [-0.2, -0.15) is 0 Å². The zero-order valence-corrected chi connectivity index (χ0v) is 12.0. The van der Waals surface area contributed by atoms with Gasteiger partial charge in [-0.25, -0.2) is 9.79 Å². The van der Waals surface area contributed by atoms with Crippen LogP contribution in [-0.2, 0) is 6.54 Å². The summed E-state index contributed by atoms with van der Waals surface area (Å²) in [6.07, 6.45) is 0. The predicted octanol–water partition coefficient (Wildman–Crippen LogP) is 2.73. The first kappa shape index (κ1) is 16.5. The monoisotopic (exact) mass is 305 g/mol. The summed E-state index contributed by atoms with van der Waals surface area (Å²) >= 11 is 0. The van der Waals surface area contributed by atoms with E-state index in [1.807, 2.05) is 30.3 Å². The maximum Gasteiger partial charge on any atom is 0.335 e. The summed E-state index contributed by atoms with van der Waals surface area (Å²) in [6, 6.07) is 16.1. The Morgan fingerprint density at radius 3 is 2.52 bits per heavy atom. The molecule has 2 rings (SSSR count). The van der Waals surface area contributed by atoms with E-state index < -0.39 is 5.97 Å². The molecule has 2 aromatic rings. The molecule has 0 aliphatic heterocycles. The summed E-state index contributed by atoms with van der Waals surface area (Å²) in [5.41, 5.74) is 7.62. The van der Waals surface area contributed by atoms with Gasteiger partial charge in [0.15, 0.2) is 5.96 Å². The molecule has 110 valence electrons. The van der Waals surface area contributed by atoms with Crippen molar-refractivity contribution in [2.45, 2.75) is 6.54 Å². The summed E-state index contributed by atoms with van der Waals surface area (Å²) in [6.45, 7) is 0.471. The number of benzene rings is 2. The average molecular weight is 306 g/mol. The highest BCUT2D eigenvalue weighted by Gasteiger charge is 2.03. The van der Waals surface area contributed by atoms with E-state index in [4.69, 9.17) is 10.8 Å². The van der Waals surface area contributed by atoms with E-state index in [2.05, 4.69) is 10.3 Å². The van der Waals surface area contributed by atoms with Crippen LogP contribution in [0.3, 0.4) is 0 Å². The van der Waals surface area contributed by atoms with Crippen LogP contribution in [0.4, 0.5) is 5.69 Å². The number of carboxylic acids is 1. The molecule has 0 saturated heterocycles.